The Labute approximate surface area is 167 Å². The molecule has 152 valence electrons. The summed E-state index contributed by atoms with van der Waals surface area (Å²) in [5.74, 6) is -0.902. The molecule has 0 spiro atoms. The molecule has 29 heavy (non-hydrogen) atoms. The Kier molecular flexibility index (Phi) is 5.58. The highest BCUT2D eigenvalue weighted by Crippen LogP contribution is 2.47. The van der Waals surface area contributed by atoms with Crippen molar-refractivity contribution in [1.29, 1.82) is 0 Å². The van der Waals surface area contributed by atoms with Gasteiger partial charge in [0.15, 0.2) is 11.5 Å². The number of benzene rings is 2. The molecule has 1 N–H and O–H groups in total. The number of carbonyl (C=O) groups is 3. The molecule has 9 heteroatoms. The molecule has 0 aliphatic carbocycles. The molecule has 1 aliphatic rings. The third-order valence-electron chi connectivity index (χ3n) is 4.44. The standard InChI is InChI=1S/C20H20N2O7/c1-26-12-7-5-11(6-8-12)21-15(23)10-22-13-9-14(27-2)18(28-3)19(29-4)16(13)17(24)20(22)25/h5-9H,10H2,1-4H3,(H,21,23). The fraction of sp³-hybridized carbons (Fsp3) is 0.250. The lowest BCUT2D eigenvalue weighted by atomic mass is 10.1. The molecule has 2 amide bonds. The number of ether oxygens (including phenoxy) is 4. The summed E-state index contributed by atoms with van der Waals surface area (Å²) < 4.78 is 20.9. The maximum Gasteiger partial charge on any atom is 0.300 e. The van der Waals surface area contributed by atoms with Gasteiger partial charge in [-0.05, 0) is 24.3 Å². The molecule has 0 atom stereocenters. The number of carbonyl (C=O) groups excluding carboxylic acids is 3. The van der Waals surface area contributed by atoms with Crippen molar-refractivity contribution >= 4 is 29.0 Å². The number of fused-ring (bicyclic) bond motifs is 1. The molecule has 1 aliphatic heterocycles. The van der Waals surface area contributed by atoms with Gasteiger partial charge in [0.1, 0.15) is 12.3 Å². The second-order valence-corrected chi connectivity index (χ2v) is 6.04. The topological polar surface area (TPSA) is 103 Å². The van der Waals surface area contributed by atoms with Crippen LogP contribution in [0.15, 0.2) is 30.3 Å². The molecule has 0 fully saturated rings. The highest BCUT2D eigenvalue weighted by molar-refractivity contribution is 6.53. The van der Waals surface area contributed by atoms with Gasteiger partial charge in [-0.3, -0.25) is 19.3 Å². The molecule has 1 heterocycles. The second-order valence-electron chi connectivity index (χ2n) is 6.04. The van der Waals surface area contributed by atoms with Crippen molar-refractivity contribution in [3.63, 3.8) is 0 Å². The third kappa shape index (κ3) is 3.54. The minimum Gasteiger partial charge on any atom is -0.497 e. The summed E-state index contributed by atoms with van der Waals surface area (Å²) in [6.45, 7) is -0.359. The van der Waals surface area contributed by atoms with E-state index in [1.807, 2.05) is 0 Å². The van der Waals surface area contributed by atoms with Crippen LogP contribution in [-0.4, -0.2) is 52.6 Å². The van der Waals surface area contributed by atoms with E-state index >= 15 is 0 Å². The van der Waals surface area contributed by atoms with Crippen LogP contribution in [-0.2, 0) is 9.59 Å². The molecule has 0 saturated carbocycles. The minimum absolute atomic E-state index is 0.0346. The number of hydrogen-bond donors (Lipinski definition) is 1. The third-order valence-corrected chi connectivity index (χ3v) is 4.44. The Hall–Kier alpha value is -3.75. The number of ketones is 1. The number of nitrogens with one attached hydrogen (secondary N) is 1. The van der Waals surface area contributed by atoms with Crippen LogP contribution in [0, 0.1) is 0 Å². The summed E-state index contributed by atoms with van der Waals surface area (Å²) in [4.78, 5) is 38.7. The number of amides is 2. The maximum absolute atomic E-state index is 12.6. The lowest BCUT2D eigenvalue weighted by Gasteiger charge is -2.19. The van der Waals surface area contributed by atoms with Crippen molar-refractivity contribution in [3.8, 4) is 23.0 Å². The van der Waals surface area contributed by atoms with Gasteiger partial charge in [0.05, 0.1) is 39.7 Å². The molecule has 0 bridgehead atoms. The van der Waals surface area contributed by atoms with Crippen LogP contribution in [0.5, 0.6) is 23.0 Å². The van der Waals surface area contributed by atoms with E-state index < -0.39 is 17.6 Å². The maximum atomic E-state index is 12.6. The number of hydrogen-bond acceptors (Lipinski definition) is 7. The van der Waals surface area contributed by atoms with Crippen LogP contribution in [0.2, 0.25) is 0 Å². The lowest BCUT2D eigenvalue weighted by Crippen LogP contribution is -2.37. The highest BCUT2D eigenvalue weighted by Gasteiger charge is 2.42. The molecule has 9 nitrogen and oxygen atoms in total. The van der Waals surface area contributed by atoms with Gasteiger partial charge in [-0.2, -0.15) is 0 Å². The van der Waals surface area contributed by atoms with Gasteiger partial charge in [-0.1, -0.05) is 0 Å². The lowest BCUT2D eigenvalue weighted by molar-refractivity contribution is -0.118. The summed E-state index contributed by atoms with van der Waals surface area (Å²) in [6.07, 6.45) is 0. The number of nitrogens with zero attached hydrogens (tertiary/aromatic N) is 1. The monoisotopic (exact) mass is 400 g/mol. The predicted molar refractivity (Wildman–Crippen MR) is 104 cm³/mol. The van der Waals surface area contributed by atoms with Crippen LogP contribution in [0.4, 0.5) is 11.4 Å². The summed E-state index contributed by atoms with van der Waals surface area (Å²) in [5, 5.41) is 2.68. The Bertz CT molecular complexity index is 970. The van der Waals surface area contributed by atoms with E-state index in [-0.39, 0.29) is 35.0 Å². The van der Waals surface area contributed by atoms with Gasteiger partial charge in [0, 0.05) is 11.8 Å². The Morgan fingerprint density at radius 3 is 2.14 bits per heavy atom. The van der Waals surface area contributed by atoms with E-state index in [4.69, 9.17) is 18.9 Å². The van der Waals surface area contributed by atoms with Crippen molar-refractivity contribution in [2.45, 2.75) is 0 Å². The van der Waals surface area contributed by atoms with Crippen LogP contribution in [0.3, 0.4) is 0 Å². The van der Waals surface area contributed by atoms with Crippen molar-refractivity contribution in [3.05, 3.63) is 35.9 Å². The van der Waals surface area contributed by atoms with Gasteiger partial charge in [-0.15, -0.1) is 0 Å². The van der Waals surface area contributed by atoms with Crippen molar-refractivity contribution < 1.29 is 33.3 Å². The summed E-state index contributed by atoms with van der Waals surface area (Å²) >= 11 is 0. The molecule has 0 saturated heterocycles. The first-order chi connectivity index (χ1) is 13.9. The zero-order valence-electron chi connectivity index (χ0n) is 16.4. The van der Waals surface area contributed by atoms with Gasteiger partial charge < -0.3 is 24.3 Å². The van der Waals surface area contributed by atoms with Crippen molar-refractivity contribution in [2.75, 3.05) is 45.2 Å². The molecule has 2 aromatic rings. The smallest absolute Gasteiger partial charge is 0.300 e. The first-order valence-electron chi connectivity index (χ1n) is 8.58. The van der Waals surface area contributed by atoms with Crippen molar-refractivity contribution in [1.82, 2.24) is 0 Å². The molecule has 0 aromatic heterocycles. The average molecular weight is 400 g/mol. The summed E-state index contributed by atoms with van der Waals surface area (Å²) in [5.41, 5.74) is 0.783. The normalized spacial score (nSPS) is 12.5. The zero-order valence-corrected chi connectivity index (χ0v) is 16.4. The number of rotatable bonds is 7. The molecule has 0 radical (unpaired) electrons. The van der Waals surface area contributed by atoms with Gasteiger partial charge in [-0.25, -0.2) is 0 Å². The van der Waals surface area contributed by atoms with E-state index in [1.54, 1.807) is 31.4 Å². The zero-order chi connectivity index (χ0) is 21.1. The van der Waals surface area contributed by atoms with Crippen molar-refractivity contribution in [2.24, 2.45) is 0 Å². The summed E-state index contributed by atoms with van der Waals surface area (Å²) in [6, 6.07) is 8.19. The second kappa shape index (κ2) is 8.09. The molecular formula is C20H20N2O7. The van der Waals surface area contributed by atoms with E-state index in [0.717, 1.165) is 4.90 Å². The largest absolute Gasteiger partial charge is 0.497 e. The fourth-order valence-corrected chi connectivity index (χ4v) is 3.09. The van der Waals surface area contributed by atoms with Crippen LogP contribution in [0.1, 0.15) is 10.4 Å². The van der Waals surface area contributed by atoms with Crippen LogP contribution >= 0.6 is 0 Å². The van der Waals surface area contributed by atoms with Gasteiger partial charge in [0.2, 0.25) is 11.7 Å². The highest BCUT2D eigenvalue weighted by atomic mass is 16.5. The van der Waals surface area contributed by atoms with E-state index in [9.17, 15) is 14.4 Å². The average Bonchev–Trinajstić information content (AvgIpc) is 2.97. The Morgan fingerprint density at radius 1 is 0.931 bits per heavy atom. The molecular weight excluding hydrogens is 380 g/mol. The molecule has 0 unspecified atom stereocenters. The first-order valence-corrected chi connectivity index (χ1v) is 8.58. The number of methoxy groups -OCH3 is 4. The first kappa shape index (κ1) is 20.0. The van der Waals surface area contributed by atoms with Crippen LogP contribution < -0.4 is 29.2 Å². The number of anilines is 2. The SMILES string of the molecule is COc1ccc(NC(=O)CN2C(=O)C(=O)c3c2cc(OC)c(OC)c3OC)cc1. The molecule has 3 rings (SSSR count). The van der Waals surface area contributed by atoms with Crippen LogP contribution in [0.25, 0.3) is 0 Å². The Morgan fingerprint density at radius 2 is 1.59 bits per heavy atom. The predicted octanol–water partition coefficient (Wildman–Crippen LogP) is 1.89. The van der Waals surface area contributed by atoms with E-state index in [1.165, 1.54) is 27.4 Å². The fourth-order valence-electron chi connectivity index (χ4n) is 3.09. The quantitative estimate of drug-likeness (QED) is 0.708. The summed E-state index contributed by atoms with van der Waals surface area (Å²) in [7, 11) is 5.71. The van der Waals surface area contributed by atoms with Gasteiger partial charge in [0.25, 0.3) is 11.7 Å². The number of Topliss-reactive ketones (excluding diaryl/α,β-unsaturated/α-hetero) is 1. The van der Waals surface area contributed by atoms with Gasteiger partial charge >= 0.3 is 0 Å². The molecule has 2 aromatic carbocycles. The van der Waals surface area contributed by atoms with E-state index in [0.29, 0.717) is 11.4 Å². The minimum atomic E-state index is -0.835. The van der Waals surface area contributed by atoms with E-state index in [2.05, 4.69) is 5.32 Å². The Balaban J connectivity index is 1.90.